The van der Waals surface area contributed by atoms with E-state index in [-0.39, 0.29) is 17.4 Å². The first-order valence-corrected chi connectivity index (χ1v) is 9.04. The maximum absolute atomic E-state index is 12.5. The van der Waals surface area contributed by atoms with Crippen LogP contribution in [0.2, 0.25) is 0 Å². The van der Waals surface area contributed by atoms with E-state index in [1.54, 1.807) is 30.3 Å². The first kappa shape index (κ1) is 19.2. The number of carbonyl (C=O) groups excluding carboxylic acids is 2. The number of ketones is 1. The van der Waals surface area contributed by atoms with Gasteiger partial charge in [-0.2, -0.15) is 0 Å². The van der Waals surface area contributed by atoms with Gasteiger partial charge < -0.3 is 10.6 Å². The van der Waals surface area contributed by atoms with Gasteiger partial charge in [-0.05, 0) is 48.7 Å². The third-order valence-corrected chi connectivity index (χ3v) is 4.29. The van der Waals surface area contributed by atoms with Crippen molar-refractivity contribution in [3.8, 4) is 0 Å². The molecular weight excluding hydrogens is 352 g/mol. The summed E-state index contributed by atoms with van der Waals surface area (Å²) in [6, 6.07) is 16.3. The van der Waals surface area contributed by atoms with Crippen molar-refractivity contribution >= 4 is 28.9 Å². The Hall–Kier alpha value is -3.54. The van der Waals surface area contributed by atoms with Crippen LogP contribution in [0.1, 0.15) is 53.1 Å². The summed E-state index contributed by atoms with van der Waals surface area (Å²) >= 11 is 0. The van der Waals surface area contributed by atoms with E-state index in [9.17, 15) is 9.59 Å². The van der Waals surface area contributed by atoms with Gasteiger partial charge in [0, 0.05) is 23.0 Å². The lowest BCUT2D eigenvalue weighted by Gasteiger charge is -2.14. The van der Waals surface area contributed by atoms with E-state index in [2.05, 4.69) is 40.5 Å². The van der Waals surface area contributed by atoms with Crippen LogP contribution in [0.15, 0.2) is 60.9 Å². The van der Waals surface area contributed by atoms with Gasteiger partial charge in [-0.15, -0.1) is 0 Å². The molecule has 2 N–H and O–H groups in total. The number of aromatic nitrogens is 2. The Morgan fingerprint density at radius 1 is 0.964 bits per heavy atom. The van der Waals surface area contributed by atoms with Crippen LogP contribution in [0, 0.1) is 0 Å². The topological polar surface area (TPSA) is 84.0 Å². The highest BCUT2D eigenvalue weighted by atomic mass is 16.2. The number of benzene rings is 2. The molecule has 0 atom stereocenters. The summed E-state index contributed by atoms with van der Waals surface area (Å²) < 4.78 is 0. The zero-order valence-corrected chi connectivity index (χ0v) is 16.1. The van der Waals surface area contributed by atoms with Gasteiger partial charge >= 0.3 is 0 Å². The summed E-state index contributed by atoms with van der Waals surface area (Å²) in [5, 5.41) is 6.04. The molecular formula is C22H22N4O2. The van der Waals surface area contributed by atoms with E-state index >= 15 is 0 Å². The van der Waals surface area contributed by atoms with E-state index in [0.717, 1.165) is 11.3 Å². The molecule has 2 aromatic carbocycles. The largest absolute Gasteiger partial charge is 0.340 e. The molecule has 6 nitrogen and oxygen atoms in total. The van der Waals surface area contributed by atoms with E-state index in [1.807, 2.05) is 18.2 Å². The normalized spacial score (nSPS) is 10.6. The molecule has 0 saturated heterocycles. The van der Waals surface area contributed by atoms with Gasteiger partial charge in [0.15, 0.2) is 5.78 Å². The van der Waals surface area contributed by atoms with Crippen molar-refractivity contribution in [2.24, 2.45) is 0 Å². The number of anilines is 3. The van der Waals surface area contributed by atoms with Crippen molar-refractivity contribution in [3.63, 3.8) is 0 Å². The molecule has 0 bridgehead atoms. The summed E-state index contributed by atoms with van der Waals surface area (Å²) in [7, 11) is 0. The lowest BCUT2D eigenvalue weighted by Crippen LogP contribution is -2.14. The Kier molecular flexibility index (Phi) is 5.79. The van der Waals surface area contributed by atoms with Crippen LogP contribution >= 0.6 is 0 Å². The molecule has 0 unspecified atom stereocenters. The standard InChI is InChI=1S/C22H22N4O2/c1-14(2)18-6-4-5-7-19(18)26-21-12-20(23-13-24-21)22(28)25-17-10-8-16(9-11-17)15(3)27/h4-14H,1-3H3,(H,25,28)(H,23,24,26). The number of nitrogens with one attached hydrogen (secondary N) is 2. The molecule has 142 valence electrons. The molecule has 1 amide bonds. The zero-order valence-electron chi connectivity index (χ0n) is 16.1. The Morgan fingerprint density at radius 3 is 2.36 bits per heavy atom. The molecule has 0 radical (unpaired) electrons. The Balaban J connectivity index is 1.76. The molecule has 3 rings (SSSR count). The van der Waals surface area contributed by atoms with E-state index in [4.69, 9.17) is 0 Å². The molecule has 0 aliphatic heterocycles. The predicted octanol–water partition coefficient (Wildman–Crippen LogP) is 4.80. The zero-order chi connectivity index (χ0) is 20.1. The van der Waals surface area contributed by atoms with Crippen molar-refractivity contribution in [1.29, 1.82) is 0 Å². The fourth-order valence-corrected chi connectivity index (χ4v) is 2.79. The maximum atomic E-state index is 12.5. The summed E-state index contributed by atoms with van der Waals surface area (Å²) in [4.78, 5) is 32.1. The number of para-hydroxylation sites is 1. The minimum atomic E-state index is -0.349. The van der Waals surface area contributed by atoms with Crippen molar-refractivity contribution in [3.05, 3.63) is 77.7 Å². The quantitative estimate of drug-likeness (QED) is 0.606. The van der Waals surface area contributed by atoms with Crippen molar-refractivity contribution in [2.75, 3.05) is 10.6 Å². The van der Waals surface area contributed by atoms with E-state index in [0.29, 0.717) is 23.0 Å². The third kappa shape index (κ3) is 4.59. The van der Waals surface area contributed by atoms with Crippen LogP contribution in [-0.2, 0) is 0 Å². The second kappa shape index (κ2) is 8.43. The summed E-state index contributed by atoms with van der Waals surface area (Å²) in [5.74, 6) is 0.524. The average molecular weight is 374 g/mol. The molecule has 0 aliphatic rings. The fraction of sp³-hybridized carbons (Fsp3) is 0.182. The lowest BCUT2D eigenvalue weighted by atomic mass is 10.0. The van der Waals surface area contributed by atoms with Gasteiger partial charge in [0.1, 0.15) is 17.8 Å². The highest BCUT2D eigenvalue weighted by Crippen LogP contribution is 2.26. The molecule has 0 fully saturated rings. The van der Waals surface area contributed by atoms with Gasteiger partial charge in [-0.25, -0.2) is 9.97 Å². The smallest absolute Gasteiger partial charge is 0.274 e. The van der Waals surface area contributed by atoms with Crippen LogP contribution in [0.4, 0.5) is 17.2 Å². The molecule has 1 aromatic heterocycles. The van der Waals surface area contributed by atoms with Crippen LogP contribution in [0.25, 0.3) is 0 Å². The van der Waals surface area contributed by atoms with Crippen LogP contribution in [-0.4, -0.2) is 21.7 Å². The van der Waals surface area contributed by atoms with Crippen molar-refractivity contribution in [2.45, 2.75) is 26.7 Å². The number of hydrogen-bond donors (Lipinski definition) is 2. The SMILES string of the molecule is CC(=O)c1ccc(NC(=O)c2cc(Nc3ccccc3C(C)C)ncn2)cc1. The van der Waals surface area contributed by atoms with Gasteiger partial charge in [0.05, 0.1) is 0 Å². The second-order valence-electron chi connectivity index (χ2n) is 6.74. The van der Waals surface area contributed by atoms with Gasteiger partial charge in [-0.1, -0.05) is 32.0 Å². The van der Waals surface area contributed by atoms with Crippen molar-refractivity contribution in [1.82, 2.24) is 9.97 Å². The first-order chi connectivity index (χ1) is 13.4. The molecule has 1 heterocycles. The van der Waals surface area contributed by atoms with Crippen LogP contribution < -0.4 is 10.6 Å². The average Bonchev–Trinajstić information content (AvgIpc) is 2.69. The molecule has 28 heavy (non-hydrogen) atoms. The van der Waals surface area contributed by atoms with Gasteiger partial charge in [-0.3, -0.25) is 9.59 Å². The minimum Gasteiger partial charge on any atom is -0.340 e. The number of Topliss-reactive ketones (excluding diaryl/α,β-unsaturated/α-hetero) is 1. The fourth-order valence-electron chi connectivity index (χ4n) is 2.79. The molecule has 0 saturated carbocycles. The summed E-state index contributed by atoms with van der Waals surface area (Å²) in [5.41, 5.74) is 3.54. The molecule has 0 spiro atoms. The van der Waals surface area contributed by atoms with Crippen molar-refractivity contribution < 1.29 is 9.59 Å². The highest BCUT2D eigenvalue weighted by molar-refractivity contribution is 6.03. The lowest BCUT2D eigenvalue weighted by molar-refractivity contribution is 0.101. The molecule has 6 heteroatoms. The number of hydrogen-bond acceptors (Lipinski definition) is 5. The minimum absolute atomic E-state index is 0.0222. The molecule has 3 aromatic rings. The van der Waals surface area contributed by atoms with Crippen LogP contribution in [0.3, 0.4) is 0 Å². The maximum Gasteiger partial charge on any atom is 0.274 e. The van der Waals surface area contributed by atoms with E-state index in [1.165, 1.54) is 13.3 Å². The van der Waals surface area contributed by atoms with Gasteiger partial charge in [0.2, 0.25) is 0 Å². The highest BCUT2D eigenvalue weighted by Gasteiger charge is 2.11. The second-order valence-corrected chi connectivity index (χ2v) is 6.74. The summed E-state index contributed by atoms with van der Waals surface area (Å²) in [6.07, 6.45) is 1.36. The third-order valence-electron chi connectivity index (χ3n) is 4.29. The van der Waals surface area contributed by atoms with Gasteiger partial charge in [0.25, 0.3) is 5.91 Å². The summed E-state index contributed by atoms with van der Waals surface area (Å²) in [6.45, 7) is 5.74. The van der Waals surface area contributed by atoms with Crippen LogP contribution in [0.5, 0.6) is 0 Å². The Morgan fingerprint density at radius 2 is 1.68 bits per heavy atom. The monoisotopic (exact) mass is 374 g/mol. The van der Waals surface area contributed by atoms with E-state index < -0.39 is 0 Å². The predicted molar refractivity (Wildman–Crippen MR) is 110 cm³/mol. The number of rotatable bonds is 6. The Bertz CT molecular complexity index is 997. The number of amides is 1. The molecule has 0 aliphatic carbocycles. The number of carbonyl (C=O) groups is 2. The first-order valence-electron chi connectivity index (χ1n) is 9.04. The Labute approximate surface area is 164 Å². The number of nitrogens with zero attached hydrogens (tertiary/aromatic N) is 2.